The number of rotatable bonds is 8. The average molecular weight is 293 g/mol. The Balaban J connectivity index is 2.88. The summed E-state index contributed by atoms with van der Waals surface area (Å²) in [7, 11) is 0. The third-order valence-electron chi connectivity index (χ3n) is 4.91. The lowest BCUT2D eigenvalue weighted by molar-refractivity contribution is 0.0641. The second-order valence-electron chi connectivity index (χ2n) is 7.04. The van der Waals surface area contributed by atoms with Crippen molar-refractivity contribution in [2.24, 2.45) is 5.92 Å². The van der Waals surface area contributed by atoms with Crippen LogP contribution in [0.4, 0.5) is 0 Å². The maximum atomic E-state index is 9.68. The van der Waals surface area contributed by atoms with Gasteiger partial charge in [0.1, 0.15) is 5.54 Å². The highest BCUT2D eigenvalue weighted by molar-refractivity contribution is 5.11. The van der Waals surface area contributed by atoms with Crippen molar-refractivity contribution >= 4 is 0 Å². The SMILES string of the molecule is CCNC1(C#N)CCCC(N(CC(C)C)C(CC)CC)C1. The van der Waals surface area contributed by atoms with E-state index in [0.29, 0.717) is 18.0 Å². The summed E-state index contributed by atoms with van der Waals surface area (Å²) in [6.07, 6.45) is 6.83. The standard InChI is InChI=1S/C18H35N3/c1-6-16(7-2)21(13-15(4)5)17-10-9-11-18(12-17,14-19)20-8-3/h15-17,20H,6-13H2,1-5H3. The monoisotopic (exact) mass is 293 g/mol. The van der Waals surface area contributed by atoms with Crippen molar-refractivity contribution in [1.82, 2.24) is 10.2 Å². The number of nitriles is 1. The number of hydrogen-bond acceptors (Lipinski definition) is 3. The van der Waals surface area contributed by atoms with Crippen molar-refractivity contribution in [1.29, 1.82) is 5.26 Å². The van der Waals surface area contributed by atoms with Gasteiger partial charge >= 0.3 is 0 Å². The summed E-state index contributed by atoms with van der Waals surface area (Å²) in [6.45, 7) is 13.4. The second kappa shape index (κ2) is 8.76. The van der Waals surface area contributed by atoms with E-state index >= 15 is 0 Å². The molecular weight excluding hydrogens is 258 g/mol. The molecule has 0 amide bonds. The molecule has 1 fully saturated rings. The first-order chi connectivity index (χ1) is 10.0. The fourth-order valence-corrected chi connectivity index (χ4v) is 3.94. The summed E-state index contributed by atoms with van der Waals surface area (Å²) in [5.41, 5.74) is -0.293. The maximum Gasteiger partial charge on any atom is 0.108 e. The summed E-state index contributed by atoms with van der Waals surface area (Å²) >= 11 is 0. The molecule has 3 heteroatoms. The van der Waals surface area contributed by atoms with E-state index in [1.54, 1.807) is 0 Å². The van der Waals surface area contributed by atoms with Crippen LogP contribution in [-0.4, -0.2) is 35.6 Å². The molecule has 21 heavy (non-hydrogen) atoms. The smallest absolute Gasteiger partial charge is 0.108 e. The minimum Gasteiger partial charge on any atom is -0.300 e. The molecule has 0 bridgehead atoms. The average Bonchev–Trinajstić information content (AvgIpc) is 2.47. The topological polar surface area (TPSA) is 39.1 Å². The molecule has 0 heterocycles. The predicted octanol–water partition coefficient (Wildman–Crippen LogP) is 3.95. The molecule has 1 aliphatic carbocycles. The molecule has 2 atom stereocenters. The van der Waals surface area contributed by atoms with Crippen LogP contribution in [0.5, 0.6) is 0 Å². The highest BCUT2D eigenvalue weighted by atomic mass is 15.2. The van der Waals surface area contributed by atoms with Crippen LogP contribution in [0, 0.1) is 17.2 Å². The Morgan fingerprint density at radius 1 is 1.29 bits per heavy atom. The lowest BCUT2D eigenvalue weighted by atomic mass is 9.78. The Labute approximate surface area is 132 Å². The van der Waals surface area contributed by atoms with Gasteiger partial charge in [-0.2, -0.15) is 5.26 Å². The third kappa shape index (κ3) is 4.97. The summed E-state index contributed by atoms with van der Waals surface area (Å²) in [5.74, 6) is 0.683. The van der Waals surface area contributed by atoms with Crippen LogP contribution < -0.4 is 5.32 Å². The van der Waals surface area contributed by atoms with Crippen LogP contribution in [0.1, 0.15) is 73.1 Å². The van der Waals surface area contributed by atoms with Crippen molar-refractivity contribution in [3.63, 3.8) is 0 Å². The quantitative estimate of drug-likeness (QED) is 0.736. The van der Waals surface area contributed by atoms with Crippen LogP contribution in [0.25, 0.3) is 0 Å². The molecule has 1 saturated carbocycles. The van der Waals surface area contributed by atoms with Gasteiger partial charge in [0.25, 0.3) is 0 Å². The summed E-state index contributed by atoms with van der Waals surface area (Å²) in [6, 6.07) is 3.81. The zero-order chi connectivity index (χ0) is 15.9. The lowest BCUT2D eigenvalue weighted by Crippen LogP contribution is -2.55. The molecule has 0 aromatic carbocycles. The molecule has 1 aliphatic rings. The second-order valence-corrected chi connectivity index (χ2v) is 7.04. The Kier molecular flexibility index (Phi) is 7.70. The summed E-state index contributed by atoms with van der Waals surface area (Å²) in [5, 5.41) is 13.1. The molecule has 122 valence electrons. The minimum absolute atomic E-state index is 0.293. The highest BCUT2D eigenvalue weighted by Crippen LogP contribution is 2.33. The maximum absolute atomic E-state index is 9.68. The van der Waals surface area contributed by atoms with Gasteiger partial charge in [0.2, 0.25) is 0 Å². The van der Waals surface area contributed by atoms with E-state index in [0.717, 1.165) is 25.9 Å². The zero-order valence-electron chi connectivity index (χ0n) is 14.8. The van der Waals surface area contributed by atoms with Gasteiger partial charge in [0.15, 0.2) is 0 Å². The molecular formula is C18H35N3. The van der Waals surface area contributed by atoms with Gasteiger partial charge in [0.05, 0.1) is 6.07 Å². The van der Waals surface area contributed by atoms with E-state index in [2.05, 4.69) is 50.9 Å². The largest absolute Gasteiger partial charge is 0.300 e. The van der Waals surface area contributed by atoms with Crippen LogP contribution >= 0.6 is 0 Å². The van der Waals surface area contributed by atoms with E-state index in [1.807, 2.05) is 0 Å². The first kappa shape index (κ1) is 18.5. The fourth-order valence-electron chi connectivity index (χ4n) is 3.94. The Morgan fingerprint density at radius 2 is 1.95 bits per heavy atom. The highest BCUT2D eigenvalue weighted by Gasteiger charge is 2.39. The van der Waals surface area contributed by atoms with E-state index in [-0.39, 0.29) is 5.54 Å². The van der Waals surface area contributed by atoms with E-state index < -0.39 is 0 Å². The molecule has 1 rings (SSSR count). The van der Waals surface area contributed by atoms with Gasteiger partial charge in [-0.1, -0.05) is 34.6 Å². The first-order valence-electron chi connectivity index (χ1n) is 8.93. The predicted molar refractivity (Wildman–Crippen MR) is 90.2 cm³/mol. The molecule has 0 aliphatic heterocycles. The molecule has 0 saturated heterocycles. The minimum atomic E-state index is -0.293. The molecule has 0 aromatic rings. The zero-order valence-corrected chi connectivity index (χ0v) is 14.8. The lowest BCUT2D eigenvalue weighted by Gasteiger charge is -2.45. The van der Waals surface area contributed by atoms with Crippen molar-refractivity contribution < 1.29 is 0 Å². The van der Waals surface area contributed by atoms with Crippen molar-refractivity contribution in [3.8, 4) is 6.07 Å². The van der Waals surface area contributed by atoms with E-state index in [1.165, 1.54) is 25.7 Å². The first-order valence-corrected chi connectivity index (χ1v) is 8.93. The van der Waals surface area contributed by atoms with Gasteiger partial charge in [-0.05, 0) is 51.0 Å². The van der Waals surface area contributed by atoms with Crippen molar-refractivity contribution in [3.05, 3.63) is 0 Å². The van der Waals surface area contributed by atoms with Crippen LogP contribution in [0.15, 0.2) is 0 Å². The van der Waals surface area contributed by atoms with Gasteiger partial charge in [-0.3, -0.25) is 10.2 Å². The molecule has 0 radical (unpaired) electrons. The third-order valence-corrected chi connectivity index (χ3v) is 4.91. The molecule has 0 spiro atoms. The van der Waals surface area contributed by atoms with Gasteiger partial charge in [0, 0.05) is 18.6 Å². The molecule has 2 unspecified atom stereocenters. The fraction of sp³-hybridized carbons (Fsp3) is 0.944. The Bertz CT molecular complexity index is 326. The van der Waals surface area contributed by atoms with Crippen molar-refractivity contribution in [2.45, 2.75) is 90.8 Å². The normalized spacial score (nSPS) is 26.5. The molecule has 3 nitrogen and oxygen atoms in total. The van der Waals surface area contributed by atoms with Gasteiger partial charge in [-0.15, -0.1) is 0 Å². The summed E-state index contributed by atoms with van der Waals surface area (Å²) < 4.78 is 0. The number of nitrogens with one attached hydrogen (secondary N) is 1. The van der Waals surface area contributed by atoms with E-state index in [9.17, 15) is 5.26 Å². The Hall–Kier alpha value is -0.590. The molecule has 1 N–H and O–H groups in total. The van der Waals surface area contributed by atoms with Crippen LogP contribution in [-0.2, 0) is 0 Å². The van der Waals surface area contributed by atoms with Crippen LogP contribution in [0.3, 0.4) is 0 Å². The van der Waals surface area contributed by atoms with E-state index in [4.69, 9.17) is 0 Å². The summed E-state index contributed by atoms with van der Waals surface area (Å²) in [4.78, 5) is 2.72. The van der Waals surface area contributed by atoms with Gasteiger partial charge in [-0.25, -0.2) is 0 Å². The Morgan fingerprint density at radius 3 is 2.43 bits per heavy atom. The number of nitrogens with zero attached hydrogens (tertiary/aromatic N) is 2. The van der Waals surface area contributed by atoms with Gasteiger partial charge < -0.3 is 0 Å². The molecule has 0 aromatic heterocycles. The van der Waals surface area contributed by atoms with Crippen LogP contribution in [0.2, 0.25) is 0 Å². The van der Waals surface area contributed by atoms with Crippen molar-refractivity contribution in [2.75, 3.05) is 13.1 Å². The number of hydrogen-bond donors (Lipinski definition) is 1.